The number of hydrogen-bond acceptors (Lipinski definition) is 12. The zero-order chi connectivity index (χ0) is 41.4. The van der Waals surface area contributed by atoms with Gasteiger partial charge in [-0.25, -0.2) is 14.4 Å². The van der Waals surface area contributed by atoms with Gasteiger partial charge >= 0.3 is 0 Å². The van der Waals surface area contributed by atoms with Gasteiger partial charge in [0.25, 0.3) is 5.91 Å². The van der Waals surface area contributed by atoms with Crippen LogP contribution in [0.5, 0.6) is 5.75 Å². The molecule has 1 atom stereocenters. The van der Waals surface area contributed by atoms with E-state index < -0.39 is 29.1 Å². The van der Waals surface area contributed by atoms with Gasteiger partial charge in [0.15, 0.2) is 16.7 Å². The molecule has 1 saturated carbocycles. The van der Waals surface area contributed by atoms with Crippen LogP contribution in [-0.2, 0) is 41.6 Å². The van der Waals surface area contributed by atoms with Crippen LogP contribution in [0, 0.1) is 11.2 Å². The van der Waals surface area contributed by atoms with Crippen LogP contribution in [0.3, 0.4) is 0 Å². The number of anilines is 3. The van der Waals surface area contributed by atoms with E-state index in [1.54, 1.807) is 36.5 Å². The van der Waals surface area contributed by atoms with Gasteiger partial charge in [-0.15, -0.1) is 11.3 Å². The first-order valence-corrected chi connectivity index (χ1v) is 20.6. The van der Waals surface area contributed by atoms with E-state index in [1.165, 1.54) is 22.3 Å². The highest BCUT2D eigenvalue weighted by Crippen LogP contribution is 2.41. The number of rotatable bonds is 17. The first-order valence-electron chi connectivity index (χ1n) is 19.3. The largest absolute Gasteiger partial charge is 0.487 e. The van der Waals surface area contributed by atoms with E-state index in [2.05, 4.69) is 26.3 Å². The number of benzene rings is 2. The second kappa shape index (κ2) is 19.1. The molecule has 4 aromatic rings. The first-order chi connectivity index (χ1) is 28.6. The fraction of sp³-hybridized carbons (Fsp3) is 0.390. The molecule has 4 heterocycles. The van der Waals surface area contributed by atoms with Crippen LogP contribution < -0.4 is 26.0 Å². The molecule has 0 radical (unpaired) electrons. The molecule has 2 aliphatic heterocycles. The van der Waals surface area contributed by atoms with Crippen LogP contribution in [0.4, 0.5) is 21.0 Å². The van der Waals surface area contributed by atoms with Crippen molar-refractivity contribution in [3.8, 4) is 5.75 Å². The second-order valence-corrected chi connectivity index (χ2v) is 15.8. The summed E-state index contributed by atoms with van der Waals surface area (Å²) in [7, 11) is 0. The summed E-state index contributed by atoms with van der Waals surface area (Å²) < 4.78 is 31.8. The van der Waals surface area contributed by atoms with Gasteiger partial charge in [-0.1, -0.05) is 29.8 Å². The van der Waals surface area contributed by atoms with Crippen LogP contribution in [0.1, 0.15) is 60.1 Å². The van der Waals surface area contributed by atoms with Gasteiger partial charge in [0, 0.05) is 60.0 Å². The number of aromatic nitrogens is 2. The summed E-state index contributed by atoms with van der Waals surface area (Å²) in [6.45, 7) is 0.592. The maximum absolute atomic E-state index is 14.6. The zero-order valence-electron chi connectivity index (χ0n) is 32.0. The fourth-order valence-electron chi connectivity index (χ4n) is 7.59. The molecule has 59 heavy (non-hydrogen) atoms. The van der Waals surface area contributed by atoms with Gasteiger partial charge < -0.3 is 35.1 Å². The normalized spacial score (nSPS) is 20.2. The summed E-state index contributed by atoms with van der Waals surface area (Å²) in [5.74, 6) is -1.69. The van der Waals surface area contributed by atoms with E-state index in [1.807, 2.05) is 23.6 Å². The van der Waals surface area contributed by atoms with Crippen molar-refractivity contribution in [2.45, 2.75) is 63.6 Å². The number of imide groups is 1. The summed E-state index contributed by atoms with van der Waals surface area (Å²) in [4.78, 5) is 74.2. The number of carbonyl (C=O) groups excluding carboxylic acids is 5. The molecule has 2 aromatic heterocycles. The molecule has 1 aliphatic carbocycles. The number of amides is 5. The number of nitrogens with one attached hydrogen (secondary N) is 4. The van der Waals surface area contributed by atoms with Crippen LogP contribution in [0.25, 0.3) is 0 Å². The molecule has 18 heteroatoms. The van der Waals surface area contributed by atoms with Crippen LogP contribution in [-0.4, -0.2) is 89.5 Å². The Bertz CT molecular complexity index is 2190. The number of thiazole rings is 1. The van der Waals surface area contributed by atoms with Crippen LogP contribution in [0.2, 0.25) is 5.02 Å². The third-order valence-corrected chi connectivity index (χ3v) is 11.5. The minimum atomic E-state index is -0.800. The predicted molar refractivity (Wildman–Crippen MR) is 216 cm³/mol. The lowest BCUT2D eigenvalue weighted by atomic mass is 9.69. The smallest absolute Gasteiger partial charge is 0.255 e. The van der Waals surface area contributed by atoms with Crippen molar-refractivity contribution in [1.82, 2.24) is 25.5 Å². The molecule has 5 amide bonds. The maximum Gasteiger partial charge on any atom is 0.255 e. The Morgan fingerprint density at radius 3 is 2.59 bits per heavy atom. The van der Waals surface area contributed by atoms with E-state index in [4.69, 9.17) is 30.8 Å². The Kier molecular flexibility index (Phi) is 13.5. The van der Waals surface area contributed by atoms with E-state index in [9.17, 15) is 28.4 Å². The SMILES string of the molecule is O=C1CCC(N2Cc3c(NC(=O)COCCOCCNC(=O)[C@]4(Cc5cccc(Nc6nccs6)n5)CC[C@@H](Oc5cccc(Cl)c5F)CC4)cccc3C2=O)C(=O)N1. The summed E-state index contributed by atoms with van der Waals surface area (Å²) in [6.07, 6.45) is 4.16. The number of fused-ring (bicyclic) bond motifs is 1. The molecule has 7 rings (SSSR count). The number of pyridine rings is 1. The molecule has 3 aliphatic rings. The average Bonchev–Trinajstić information content (AvgIpc) is 3.86. The van der Waals surface area contributed by atoms with Crippen molar-refractivity contribution in [3.63, 3.8) is 0 Å². The molecule has 0 spiro atoms. The van der Waals surface area contributed by atoms with E-state index in [0.717, 1.165) is 5.69 Å². The molecule has 1 saturated heterocycles. The van der Waals surface area contributed by atoms with E-state index in [-0.39, 0.29) is 87.0 Å². The lowest BCUT2D eigenvalue weighted by Gasteiger charge is -2.39. The molecule has 0 bridgehead atoms. The minimum absolute atomic E-state index is 0.0167. The Balaban J connectivity index is 0.864. The monoisotopic (exact) mass is 847 g/mol. The number of halogens is 2. The van der Waals surface area contributed by atoms with Crippen LogP contribution >= 0.6 is 22.9 Å². The standard InChI is InChI=1S/C41H43ClFN7O8S/c42-29-6-3-8-32(36(29)43)58-26-12-14-41(15-13-26,22-25-4-1-9-33(46-25)48-40-45-17-21-59-40)39(55)44-16-18-56-19-20-57-24-35(52)47-30-7-2-5-27-28(30)23-50(38(27)54)31-10-11-34(51)49-37(31)53/h1-9,17,21,26,31H,10-16,18-20,22-24H2,(H,44,55)(H,47,52)(H,45,46,48)(H,49,51,53)/t26-,31?,41-. The van der Waals surface area contributed by atoms with Crippen molar-refractivity contribution in [1.29, 1.82) is 0 Å². The van der Waals surface area contributed by atoms with Crippen molar-refractivity contribution < 1.29 is 42.6 Å². The van der Waals surface area contributed by atoms with Gasteiger partial charge in [-0.2, -0.15) is 0 Å². The molecule has 2 fully saturated rings. The number of piperidine rings is 1. The van der Waals surface area contributed by atoms with Crippen molar-refractivity contribution in [3.05, 3.63) is 93.8 Å². The van der Waals surface area contributed by atoms with E-state index in [0.29, 0.717) is 59.9 Å². The molecule has 2 aromatic carbocycles. The Morgan fingerprint density at radius 2 is 1.80 bits per heavy atom. The summed E-state index contributed by atoms with van der Waals surface area (Å²) in [5, 5.41) is 13.9. The third-order valence-electron chi connectivity index (χ3n) is 10.6. The van der Waals surface area contributed by atoms with E-state index >= 15 is 0 Å². The van der Waals surface area contributed by atoms with Gasteiger partial charge in [-0.05, 0) is 68.5 Å². The third kappa shape index (κ3) is 10.2. The molecule has 310 valence electrons. The lowest BCUT2D eigenvalue weighted by molar-refractivity contribution is -0.137. The molecule has 15 nitrogen and oxygen atoms in total. The molecular weight excluding hydrogens is 805 g/mol. The Hall–Kier alpha value is -5.49. The number of carbonyl (C=O) groups is 5. The number of nitrogens with zero attached hydrogens (tertiary/aromatic N) is 3. The Labute approximate surface area is 348 Å². The maximum atomic E-state index is 14.6. The summed E-state index contributed by atoms with van der Waals surface area (Å²) >= 11 is 7.42. The molecular formula is C41H43ClFN7O8S. The molecule has 1 unspecified atom stereocenters. The highest BCUT2D eigenvalue weighted by Gasteiger charge is 2.43. The highest BCUT2D eigenvalue weighted by molar-refractivity contribution is 7.13. The second-order valence-electron chi connectivity index (χ2n) is 14.5. The van der Waals surface area contributed by atoms with Gasteiger partial charge in [-0.3, -0.25) is 29.3 Å². The Morgan fingerprint density at radius 1 is 1.00 bits per heavy atom. The van der Waals surface area contributed by atoms with Crippen LogP contribution in [0.15, 0.2) is 66.2 Å². The number of ether oxygens (including phenoxy) is 3. The fourth-order valence-corrected chi connectivity index (χ4v) is 8.29. The van der Waals surface area contributed by atoms with Gasteiger partial charge in [0.05, 0.1) is 36.4 Å². The first kappa shape index (κ1) is 41.7. The van der Waals surface area contributed by atoms with Crippen molar-refractivity contribution in [2.24, 2.45) is 5.41 Å². The van der Waals surface area contributed by atoms with Gasteiger partial charge in [0.1, 0.15) is 18.5 Å². The quantitative estimate of drug-likeness (QED) is 0.0810. The summed E-state index contributed by atoms with van der Waals surface area (Å²) in [5.41, 5.74) is 1.35. The number of hydrogen-bond donors (Lipinski definition) is 4. The lowest BCUT2D eigenvalue weighted by Crippen LogP contribution is -2.52. The minimum Gasteiger partial charge on any atom is -0.487 e. The topological polar surface area (TPSA) is 190 Å². The van der Waals surface area contributed by atoms with Crippen molar-refractivity contribution >= 4 is 69.1 Å². The average molecular weight is 848 g/mol. The molecule has 4 N–H and O–H groups in total. The van der Waals surface area contributed by atoms with Crippen molar-refractivity contribution in [2.75, 3.05) is 43.6 Å². The highest BCUT2D eigenvalue weighted by atomic mass is 35.5. The summed E-state index contributed by atoms with van der Waals surface area (Å²) in [6, 6.07) is 14.5. The van der Waals surface area contributed by atoms with Gasteiger partial charge in [0.2, 0.25) is 23.6 Å². The predicted octanol–water partition coefficient (Wildman–Crippen LogP) is 5.17. The zero-order valence-corrected chi connectivity index (χ0v) is 33.5.